The van der Waals surface area contributed by atoms with Gasteiger partial charge in [-0.2, -0.15) is 0 Å². The highest BCUT2D eigenvalue weighted by molar-refractivity contribution is 5.77. The number of rotatable bonds is 7. The van der Waals surface area contributed by atoms with E-state index in [1.54, 1.807) is 0 Å². The van der Waals surface area contributed by atoms with Crippen LogP contribution in [0.2, 0.25) is 0 Å². The van der Waals surface area contributed by atoms with Gasteiger partial charge in [-0.05, 0) is 51.7 Å². The molecule has 0 bridgehead atoms. The lowest BCUT2D eigenvalue weighted by atomic mass is 9.79. The summed E-state index contributed by atoms with van der Waals surface area (Å²) in [5, 5.41) is 6.58. The van der Waals surface area contributed by atoms with Crippen molar-refractivity contribution in [1.82, 2.24) is 15.5 Å². The van der Waals surface area contributed by atoms with Crippen LogP contribution >= 0.6 is 0 Å². The van der Waals surface area contributed by atoms with Gasteiger partial charge >= 0.3 is 0 Å². The van der Waals surface area contributed by atoms with E-state index in [0.29, 0.717) is 12.3 Å². The quantitative estimate of drug-likeness (QED) is 0.756. The summed E-state index contributed by atoms with van der Waals surface area (Å²) >= 11 is 0. The minimum atomic E-state index is 0.0561. The molecule has 1 aliphatic carbocycles. The zero-order valence-electron chi connectivity index (χ0n) is 13.9. The predicted octanol–water partition coefficient (Wildman–Crippen LogP) is 2.15. The SMILES string of the molecule is CNC1(CC(=O)NCC(C)CN2CCCC2)CCCCC1. The Morgan fingerprint density at radius 3 is 2.43 bits per heavy atom. The summed E-state index contributed by atoms with van der Waals surface area (Å²) in [4.78, 5) is 14.8. The first-order valence-electron chi connectivity index (χ1n) is 8.81. The largest absolute Gasteiger partial charge is 0.356 e. The third-order valence-corrected chi connectivity index (χ3v) is 5.26. The van der Waals surface area contributed by atoms with E-state index in [4.69, 9.17) is 0 Å². The zero-order chi connectivity index (χ0) is 15.1. The highest BCUT2D eigenvalue weighted by Crippen LogP contribution is 2.30. The molecule has 1 saturated carbocycles. The van der Waals surface area contributed by atoms with Crippen LogP contribution in [0.4, 0.5) is 0 Å². The molecule has 21 heavy (non-hydrogen) atoms. The number of likely N-dealkylation sites (tertiary alicyclic amines) is 1. The molecule has 0 aromatic carbocycles. The number of hydrogen-bond donors (Lipinski definition) is 2. The number of amides is 1. The van der Waals surface area contributed by atoms with Crippen molar-refractivity contribution in [2.75, 3.05) is 33.2 Å². The van der Waals surface area contributed by atoms with Gasteiger partial charge in [0.25, 0.3) is 0 Å². The molecule has 1 unspecified atom stereocenters. The van der Waals surface area contributed by atoms with Gasteiger partial charge in [-0.25, -0.2) is 0 Å². The first kappa shape index (κ1) is 16.8. The van der Waals surface area contributed by atoms with Gasteiger partial charge in [0.2, 0.25) is 5.91 Å². The molecule has 1 aliphatic heterocycles. The van der Waals surface area contributed by atoms with Crippen LogP contribution in [-0.2, 0) is 4.79 Å². The van der Waals surface area contributed by atoms with E-state index in [0.717, 1.165) is 25.9 Å². The van der Waals surface area contributed by atoms with Gasteiger partial charge in [0.05, 0.1) is 0 Å². The van der Waals surface area contributed by atoms with E-state index in [1.807, 2.05) is 7.05 Å². The second-order valence-corrected chi connectivity index (χ2v) is 7.18. The Kier molecular flexibility index (Phi) is 6.49. The molecule has 0 aromatic heterocycles. The second-order valence-electron chi connectivity index (χ2n) is 7.18. The molecule has 4 heteroatoms. The number of nitrogens with one attached hydrogen (secondary N) is 2. The van der Waals surface area contributed by atoms with Crippen LogP contribution in [-0.4, -0.2) is 49.6 Å². The van der Waals surface area contributed by atoms with Crippen molar-refractivity contribution in [2.24, 2.45) is 5.92 Å². The van der Waals surface area contributed by atoms with Gasteiger partial charge in [0, 0.05) is 25.0 Å². The van der Waals surface area contributed by atoms with Crippen molar-refractivity contribution >= 4 is 5.91 Å². The molecule has 0 radical (unpaired) electrons. The molecule has 1 amide bonds. The third-order valence-electron chi connectivity index (χ3n) is 5.26. The highest BCUT2D eigenvalue weighted by atomic mass is 16.1. The molecule has 2 N–H and O–H groups in total. The van der Waals surface area contributed by atoms with Crippen molar-refractivity contribution in [3.63, 3.8) is 0 Å². The minimum absolute atomic E-state index is 0.0561. The van der Waals surface area contributed by atoms with E-state index in [1.165, 1.54) is 45.2 Å². The van der Waals surface area contributed by atoms with E-state index in [2.05, 4.69) is 22.5 Å². The van der Waals surface area contributed by atoms with E-state index >= 15 is 0 Å². The lowest BCUT2D eigenvalue weighted by molar-refractivity contribution is -0.123. The Hall–Kier alpha value is -0.610. The van der Waals surface area contributed by atoms with Gasteiger partial charge in [-0.3, -0.25) is 4.79 Å². The van der Waals surface area contributed by atoms with Crippen LogP contribution in [0.3, 0.4) is 0 Å². The van der Waals surface area contributed by atoms with Crippen molar-refractivity contribution in [3.05, 3.63) is 0 Å². The average molecular weight is 295 g/mol. The van der Waals surface area contributed by atoms with Gasteiger partial charge < -0.3 is 15.5 Å². The van der Waals surface area contributed by atoms with Crippen LogP contribution in [0, 0.1) is 5.92 Å². The molecule has 4 nitrogen and oxygen atoms in total. The van der Waals surface area contributed by atoms with Gasteiger partial charge in [0.1, 0.15) is 0 Å². The maximum atomic E-state index is 12.3. The molecule has 1 heterocycles. The molecule has 0 aromatic rings. The Labute approximate surface area is 130 Å². The maximum Gasteiger partial charge on any atom is 0.221 e. The molecule has 2 aliphatic rings. The summed E-state index contributed by atoms with van der Waals surface area (Å²) in [5.41, 5.74) is 0.0561. The van der Waals surface area contributed by atoms with Crippen LogP contribution in [0.15, 0.2) is 0 Å². The minimum Gasteiger partial charge on any atom is -0.356 e. The zero-order valence-corrected chi connectivity index (χ0v) is 13.9. The van der Waals surface area contributed by atoms with Gasteiger partial charge in [0.15, 0.2) is 0 Å². The molecule has 1 saturated heterocycles. The normalized spacial score (nSPS) is 23.9. The monoisotopic (exact) mass is 295 g/mol. The van der Waals surface area contributed by atoms with Crippen molar-refractivity contribution in [1.29, 1.82) is 0 Å². The summed E-state index contributed by atoms with van der Waals surface area (Å²) < 4.78 is 0. The number of hydrogen-bond acceptors (Lipinski definition) is 3. The maximum absolute atomic E-state index is 12.3. The standard InChI is InChI=1S/C17H33N3O/c1-15(14-20-10-6-7-11-20)13-19-16(21)12-17(18-2)8-4-3-5-9-17/h15,18H,3-14H2,1-2H3,(H,19,21). The fraction of sp³-hybridized carbons (Fsp3) is 0.941. The summed E-state index contributed by atoms with van der Waals surface area (Å²) in [7, 11) is 2.01. The van der Waals surface area contributed by atoms with Crippen LogP contribution < -0.4 is 10.6 Å². The first-order valence-corrected chi connectivity index (χ1v) is 8.81. The van der Waals surface area contributed by atoms with Crippen molar-refractivity contribution in [2.45, 2.75) is 63.8 Å². The fourth-order valence-electron chi connectivity index (χ4n) is 3.87. The van der Waals surface area contributed by atoms with Crippen LogP contribution in [0.25, 0.3) is 0 Å². The topological polar surface area (TPSA) is 44.4 Å². The molecule has 2 rings (SSSR count). The molecular weight excluding hydrogens is 262 g/mol. The van der Waals surface area contributed by atoms with Gasteiger partial charge in [-0.1, -0.05) is 26.2 Å². The Morgan fingerprint density at radius 2 is 1.81 bits per heavy atom. The third kappa shape index (κ3) is 5.26. The molecule has 1 atom stereocenters. The number of carbonyl (C=O) groups is 1. The smallest absolute Gasteiger partial charge is 0.221 e. The Balaban J connectivity index is 1.68. The van der Waals surface area contributed by atoms with Gasteiger partial charge in [-0.15, -0.1) is 0 Å². The highest BCUT2D eigenvalue weighted by Gasteiger charge is 2.32. The number of carbonyl (C=O) groups excluding carboxylic acids is 1. The van der Waals surface area contributed by atoms with E-state index in [-0.39, 0.29) is 11.4 Å². The summed E-state index contributed by atoms with van der Waals surface area (Å²) in [5.74, 6) is 0.767. The fourth-order valence-corrected chi connectivity index (χ4v) is 3.87. The molecule has 0 spiro atoms. The second kappa shape index (κ2) is 8.14. The lowest BCUT2D eigenvalue weighted by Gasteiger charge is -2.36. The lowest BCUT2D eigenvalue weighted by Crippen LogP contribution is -2.48. The summed E-state index contributed by atoms with van der Waals surface area (Å²) in [6, 6.07) is 0. The van der Waals surface area contributed by atoms with E-state index in [9.17, 15) is 4.79 Å². The van der Waals surface area contributed by atoms with Crippen molar-refractivity contribution in [3.8, 4) is 0 Å². The molecular formula is C17H33N3O. The van der Waals surface area contributed by atoms with Crippen LogP contribution in [0.5, 0.6) is 0 Å². The predicted molar refractivity (Wildman–Crippen MR) is 87.3 cm³/mol. The summed E-state index contributed by atoms with van der Waals surface area (Å²) in [6.07, 6.45) is 9.41. The number of nitrogens with zero attached hydrogens (tertiary/aromatic N) is 1. The average Bonchev–Trinajstić information content (AvgIpc) is 2.99. The molecule has 122 valence electrons. The Morgan fingerprint density at radius 1 is 1.14 bits per heavy atom. The molecule has 2 fully saturated rings. The first-order chi connectivity index (χ1) is 10.1. The van der Waals surface area contributed by atoms with E-state index < -0.39 is 0 Å². The van der Waals surface area contributed by atoms with Crippen molar-refractivity contribution < 1.29 is 4.79 Å². The Bertz CT molecular complexity index is 320. The summed E-state index contributed by atoms with van der Waals surface area (Å²) in [6.45, 7) is 6.65. The van der Waals surface area contributed by atoms with Crippen LogP contribution in [0.1, 0.15) is 58.3 Å².